The Kier molecular flexibility index (Phi) is 12.1. The van der Waals surface area contributed by atoms with Crippen molar-refractivity contribution in [2.75, 3.05) is 5.75 Å². The van der Waals surface area contributed by atoms with Crippen LogP contribution in [0, 0.1) is 0 Å². The van der Waals surface area contributed by atoms with E-state index in [-0.39, 0.29) is 31.4 Å². The summed E-state index contributed by atoms with van der Waals surface area (Å²) in [6, 6.07) is -4.74. The lowest BCUT2D eigenvalue weighted by Crippen LogP contribution is -2.57. The topological polar surface area (TPSA) is 237 Å². The number of carboxylic acids is 1. The Morgan fingerprint density at radius 2 is 1.33 bits per heavy atom. The molecule has 10 N–H and O–H groups in total. The molecule has 14 heteroatoms. The van der Waals surface area contributed by atoms with Crippen LogP contribution in [0.25, 0.3) is 0 Å². The van der Waals surface area contributed by atoms with Crippen LogP contribution in [0.4, 0.5) is 0 Å². The summed E-state index contributed by atoms with van der Waals surface area (Å²) in [7, 11) is 0. The van der Waals surface area contributed by atoms with Crippen LogP contribution in [0.5, 0.6) is 0 Å². The van der Waals surface area contributed by atoms with E-state index in [0.717, 1.165) is 0 Å². The van der Waals surface area contributed by atoms with Gasteiger partial charge in [-0.2, -0.15) is 12.6 Å². The molecule has 13 nitrogen and oxygen atoms in total. The highest BCUT2D eigenvalue weighted by Crippen LogP contribution is 2.00. The van der Waals surface area contributed by atoms with Gasteiger partial charge in [-0.25, -0.2) is 4.79 Å². The molecule has 170 valence electrons. The van der Waals surface area contributed by atoms with Crippen LogP contribution in [0.2, 0.25) is 0 Å². The average molecular weight is 449 g/mol. The zero-order chi connectivity index (χ0) is 23.4. The van der Waals surface area contributed by atoms with Crippen molar-refractivity contribution in [1.82, 2.24) is 16.0 Å². The maximum atomic E-state index is 12.3. The first-order chi connectivity index (χ1) is 13.9. The number of rotatable bonds is 14. The summed E-state index contributed by atoms with van der Waals surface area (Å²) in [6.07, 6.45) is -0.579. The van der Waals surface area contributed by atoms with Gasteiger partial charge in [0, 0.05) is 18.6 Å². The Morgan fingerprint density at radius 3 is 1.80 bits per heavy atom. The molecule has 0 fully saturated rings. The van der Waals surface area contributed by atoms with Crippen molar-refractivity contribution in [3.05, 3.63) is 0 Å². The predicted molar refractivity (Wildman–Crippen MR) is 108 cm³/mol. The monoisotopic (exact) mass is 448 g/mol. The standard InChI is InChI=1S/C16H28N6O7S/c1-7(20-14(26)8(17)2-4-11(18)23)13(25)22-10(6-30)15(27)21-9(16(28)29)3-5-12(19)24/h7-10,30H,2-6,17H2,1H3,(H2,18,23)(H2,19,24)(H,20,26)(H,21,27)(H,22,25)(H,28,29). The highest BCUT2D eigenvalue weighted by atomic mass is 32.1. The van der Waals surface area contributed by atoms with Crippen molar-refractivity contribution in [2.24, 2.45) is 17.2 Å². The van der Waals surface area contributed by atoms with Gasteiger partial charge in [0.15, 0.2) is 0 Å². The fraction of sp³-hybridized carbons (Fsp3) is 0.625. The number of amides is 5. The molecule has 0 aliphatic heterocycles. The molecule has 0 saturated heterocycles. The summed E-state index contributed by atoms with van der Waals surface area (Å²) >= 11 is 3.96. The summed E-state index contributed by atoms with van der Waals surface area (Å²) in [5.41, 5.74) is 15.6. The Labute approximate surface area is 178 Å². The molecule has 0 saturated carbocycles. The smallest absolute Gasteiger partial charge is 0.326 e. The number of hydrogen-bond donors (Lipinski definition) is 8. The number of nitrogens with two attached hydrogens (primary N) is 3. The third-order valence-corrected chi connectivity index (χ3v) is 4.27. The Balaban J connectivity index is 4.80. The first-order valence-corrected chi connectivity index (χ1v) is 9.59. The fourth-order valence-electron chi connectivity index (χ4n) is 2.12. The van der Waals surface area contributed by atoms with Gasteiger partial charge >= 0.3 is 5.97 Å². The highest BCUT2D eigenvalue weighted by molar-refractivity contribution is 7.80. The molecule has 30 heavy (non-hydrogen) atoms. The third-order valence-electron chi connectivity index (χ3n) is 3.90. The summed E-state index contributed by atoms with van der Waals surface area (Å²) < 4.78 is 0. The second kappa shape index (κ2) is 13.4. The first kappa shape index (κ1) is 27.1. The number of aliphatic carboxylic acids is 1. The molecule has 0 aliphatic rings. The Bertz CT molecular complexity index is 674. The zero-order valence-corrected chi connectivity index (χ0v) is 17.3. The molecule has 0 aliphatic carbocycles. The van der Waals surface area contributed by atoms with Gasteiger partial charge in [0.25, 0.3) is 0 Å². The molecule has 0 aromatic rings. The maximum absolute atomic E-state index is 12.3. The van der Waals surface area contributed by atoms with Gasteiger partial charge in [-0.15, -0.1) is 0 Å². The minimum Gasteiger partial charge on any atom is -0.480 e. The van der Waals surface area contributed by atoms with Gasteiger partial charge in [-0.05, 0) is 19.8 Å². The fourth-order valence-corrected chi connectivity index (χ4v) is 2.38. The minimum atomic E-state index is -1.38. The number of nitrogens with one attached hydrogen (secondary N) is 3. The summed E-state index contributed by atoms with van der Waals surface area (Å²) in [6.45, 7) is 1.34. The van der Waals surface area contributed by atoms with Crippen LogP contribution >= 0.6 is 12.6 Å². The van der Waals surface area contributed by atoms with E-state index in [2.05, 4.69) is 28.6 Å². The second-order valence-corrected chi connectivity index (χ2v) is 6.86. The second-order valence-electron chi connectivity index (χ2n) is 6.49. The van der Waals surface area contributed by atoms with E-state index >= 15 is 0 Å². The number of hydrogen-bond acceptors (Lipinski definition) is 8. The Morgan fingerprint density at radius 1 is 0.833 bits per heavy atom. The lowest BCUT2D eigenvalue weighted by molar-refractivity contribution is -0.142. The summed E-state index contributed by atoms with van der Waals surface area (Å²) in [5, 5.41) is 16.0. The molecule has 0 radical (unpaired) electrons. The molecule has 0 aromatic heterocycles. The molecule has 5 amide bonds. The molecule has 0 aromatic carbocycles. The van der Waals surface area contributed by atoms with E-state index in [9.17, 15) is 28.8 Å². The largest absolute Gasteiger partial charge is 0.480 e. The number of primary amides is 2. The van der Waals surface area contributed by atoms with Crippen molar-refractivity contribution in [2.45, 2.75) is 56.8 Å². The van der Waals surface area contributed by atoms with E-state index in [1.165, 1.54) is 6.92 Å². The van der Waals surface area contributed by atoms with E-state index in [4.69, 9.17) is 22.3 Å². The quantitative estimate of drug-likeness (QED) is 0.123. The predicted octanol–water partition coefficient (Wildman–Crippen LogP) is -3.67. The zero-order valence-electron chi connectivity index (χ0n) is 16.4. The minimum absolute atomic E-state index is 0.000936. The van der Waals surface area contributed by atoms with Crippen LogP contribution in [-0.2, 0) is 28.8 Å². The summed E-state index contributed by atoms with van der Waals surface area (Å²) in [5.74, 6) is -5.17. The van der Waals surface area contributed by atoms with Crippen molar-refractivity contribution in [1.29, 1.82) is 0 Å². The van der Waals surface area contributed by atoms with Gasteiger partial charge in [0.1, 0.15) is 18.1 Å². The van der Waals surface area contributed by atoms with Crippen LogP contribution in [0.1, 0.15) is 32.6 Å². The lowest BCUT2D eigenvalue weighted by Gasteiger charge is -2.22. The molecule has 4 unspecified atom stereocenters. The van der Waals surface area contributed by atoms with E-state index in [0.29, 0.717) is 0 Å². The van der Waals surface area contributed by atoms with Gasteiger partial charge in [-0.1, -0.05) is 0 Å². The van der Waals surface area contributed by atoms with Gasteiger partial charge in [0.05, 0.1) is 6.04 Å². The van der Waals surface area contributed by atoms with E-state index in [1.54, 1.807) is 0 Å². The lowest BCUT2D eigenvalue weighted by atomic mass is 10.1. The van der Waals surface area contributed by atoms with Crippen LogP contribution < -0.4 is 33.2 Å². The summed E-state index contributed by atoms with van der Waals surface area (Å²) in [4.78, 5) is 69.2. The normalized spacial score (nSPS) is 14.5. The van der Waals surface area contributed by atoms with Crippen molar-refractivity contribution < 1.29 is 33.9 Å². The van der Waals surface area contributed by atoms with Crippen molar-refractivity contribution >= 4 is 48.1 Å². The van der Waals surface area contributed by atoms with E-state index in [1.807, 2.05) is 0 Å². The van der Waals surface area contributed by atoms with Crippen molar-refractivity contribution in [3.63, 3.8) is 0 Å². The average Bonchev–Trinajstić information content (AvgIpc) is 2.66. The third kappa shape index (κ3) is 10.6. The molecule has 0 rings (SSSR count). The van der Waals surface area contributed by atoms with Gasteiger partial charge in [0.2, 0.25) is 29.5 Å². The van der Waals surface area contributed by atoms with Gasteiger partial charge < -0.3 is 38.3 Å². The Hall–Kier alpha value is -2.87. The maximum Gasteiger partial charge on any atom is 0.326 e. The highest BCUT2D eigenvalue weighted by Gasteiger charge is 2.28. The molecule has 0 heterocycles. The van der Waals surface area contributed by atoms with Gasteiger partial charge in [-0.3, -0.25) is 24.0 Å². The van der Waals surface area contributed by atoms with Crippen LogP contribution in [0.3, 0.4) is 0 Å². The number of carboxylic acid groups (broad SMARTS) is 1. The number of thiol groups is 1. The van der Waals surface area contributed by atoms with E-state index < -0.39 is 59.7 Å². The van der Waals surface area contributed by atoms with Crippen LogP contribution in [-0.4, -0.2) is 70.5 Å². The molecule has 4 atom stereocenters. The molecule has 0 bridgehead atoms. The molecular formula is C16H28N6O7S. The molecule has 0 spiro atoms. The first-order valence-electron chi connectivity index (χ1n) is 8.96. The number of carbonyl (C=O) groups excluding carboxylic acids is 5. The molecular weight excluding hydrogens is 420 g/mol. The SMILES string of the molecule is CC(NC(=O)C(N)CCC(N)=O)C(=O)NC(CS)C(=O)NC(CCC(N)=O)C(=O)O. The number of carbonyl (C=O) groups is 6. The van der Waals surface area contributed by atoms with Crippen LogP contribution in [0.15, 0.2) is 0 Å². The van der Waals surface area contributed by atoms with Crippen molar-refractivity contribution in [3.8, 4) is 0 Å².